The summed E-state index contributed by atoms with van der Waals surface area (Å²) >= 11 is 0. The van der Waals surface area contributed by atoms with Gasteiger partial charge in [-0.3, -0.25) is 4.31 Å². The summed E-state index contributed by atoms with van der Waals surface area (Å²) in [5, 5.41) is 3.52. The lowest BCUT2D eigenvalue weighted by atomic mass is 9.97. The Hall–Kier alpha value is -1.89. The summed E-state index contributed by atoms with van der Waals surface area (Å²) in [5.74, 6) is 0. The first-order valence-corrected chi connectivity index (χ1v) is 9.98. The van der Waals surface area contributed by atoms with Crippen LogP contribution >= 0.6 is 0 Å². The second-order valence-corrected chi connectivity index (χ2v) is 7.83. The summed E-state index contributed by atoms with van der Waals surface area (Å²) in [4.78, 5) is 0.372. The van der Waals surface area contributed by atoms with Crippen molar-refractivity contribution in [3.05, 3.63) is 59.7 Å². The van der Waals surface area contributed by atoms with Gasteiger partial charge in [0.1, 0.15) is 0 Å². The average Bonchev–Trinajstić information content (AvgIpc) is 2.70. The van der Waals surface area contributed by atoms with Crippen LogP contribution in [-0.4, -0.2) is 35.2 Å². The molecule has 2 aromatic carbocycles. The molecular weight excluding hydrogens is 336 g/mol. The largest absolute Gasteiger partial charge is 0.385 e. The van der Waals surface area contributed by atoms with Crippen LogP contribution in [0.4, 0.5) is 5.69 Å². The molecule has 1 atom stereocenters. The van der Waals surface area contributed by atoms with E-state index in [9.17, 15) is 8.42 Å². The summed E-state index contributed by atoms with van der Waals surface area (Å²) in [5.41, 5.74) is 2.52. The van der Waals surface area contributed by atoms with Crippen molar-refractivity contribution in [2.45, 2.75) is 24.3 Å². The lowest BCUT2D eigenvalue weighted by Gasteiger charge is -2.24. The smallest absolute Gasteiger partial charge is 0.264 e. The first-order chi connectivity index (χ1) is 12.1. The standard InChI is InChI=1S/C19H24N2O3S/c1-3-21-17-11-6-4-9-15(17)19(20-13-8-14-24-2)16-10-5-7-12-18(16)25(21,22)23/h4-7,9-12,19-20H,3,8,13-14H2,1-2H3. The van der Waals surface area contributed by atoms with Gasteiger partial charge in [-0.05, 0) is 43.1 Å². The van der Waals surface area contributed by atoms with E-state index in [1.54, 1.807) is 19.2 Å². The molecule has 0 saturated carbocycles. The van der Waals surface area contributed by atoms with E-state index >= 15 is 0 Å². The third kappa shape index (κ3) is 3.29. The number of sulfonamides is 1. The van der Waals surface area contributed by atoms with Crippen molar-refractivity contribution >= 4 is 15.7 Å². The third-order valence-corrected chi connectivity index (χ3v) is 6.44. The highest BCUT2D eigenvalue weighted by Crippen LogP contribution is 2.40. The Labute approximate surface area is 149 Å². The maximum absolute atomic E-state index is 13.2. The van der Waals surface area contributed by atoms with Gasteiger partial charge in [0, 0.05) is 20.3 Å². The van der Waals surface area contributed by atoms with Gasteiger partial charge in [0.05, 0.1) is 16.6 Å². The van der Waals surface area contributed by atoms with Crippen LogP contribution < -0.4 is 9.62 Å². The fraction of sp³-hybridized carbons (Fsp3) is 0.368. The molecule has 1 N–H and O–H groups in total. The number of rotatable bonds is 6. The van der Waals surface area contributed by atoms with Crippen LogP contribution in [0, 0.1) is 0 Å². The topological polar surface area (TPSA) is 58.6 Å². The van der Waals surface area contributed by atoms with Gasteiger partial charge in [0.2, 0.25) is 0 Å². The van der Waals surface area contributed by atoms with E-state index in [0.29, 0.717) is 18.0 Å². The van der Waals surface area contributed by atoms with Crippen LogP contribution in [0.5, 0.6) is 0 Å². The zero-order valence-electron chi connectivity index (χ0n) is 14.6. The third-order valence-electron chi connectivity index (χ3n) is 4.48. The van der Waals surface area contributed by atoms with Crippen molar-refractivity contribution < 1.29 is 13.2 Å². The highest BCUT2D eigenvalue weighted by Gasteiger charge is 2.35. The molecule has 0 radical (unpaired) electrons. The molecule has 0 bridgehead atoms. The first-order valence-electron chi connectivity index (χ1n) is 8.54. The van der Waals surface area contributed by atoms with Crippen LogP contribution in [-0.2, 0) is 14.8 Å². The highest BCUT2D eigenvalue weighted by atomic mass is 32.2. The predicted molar refractivity (Wildman–Crippen MR) is 99.4 cm³/mol. The molecule has 1 aliphatic heterocycles. The molecule has 6 heteroatoms. The minimum absolute atomic E-state index is 0.171. The Kier molecular flexibility index (Phi) is 5.42. The Morgan fingerprint density at radius 3 is 2.48 bits per heavy atom. The molecule has 0 spiro atoms. The lowest BCUT2D eigenvalue weighted by Crippen LogP contribution is -2.30. The SMILES string of the molecule is CCN1c2ccccc2C(NCCCOC)c2ccccc2S1(=O)=O. The van der Waals surface area contributed by atoms with Gasteiger partial charge in [-0.1, -0.05) is 36.4 Å². The first kappa shape index (κ1) is 17.9. The number of nitrogens with zero attached hydrogens (tertiary/aromatic N) is 1. The Morgan fingerprint density at radius 1 is 1.08 bits per heavy atom. The number of hydrogen-bond donors (Lipinski definition) is 1. The van der Waals surface area contributed by atoms with Gasteiger partial charge in [0.25, 0.3) is 10.0 Å². The predicted octanol–water partition coefficient (Wildman–Crippen LogP) is 2.93. The van der Waals surface area contributed by atoms with E-state index in [1.807, 2.05) is 43.3 Å². The number of methoxy groups -OCH3 is 1. The molecule has 0 amide bonds. The van der Waals surface area contributed by atoms with Gasteiger partial charge in [0.15, 0.2) is 0 Å². The molecule has 134 valence electrons. The Bertz CT molecular complexity index is 836. The number of benzene rings is 2. The van der Waals surface area contributed by atoms with Gasteiger partial charge >= 0.3 is 0 Å². The molecule has 25 heavy (non-hydrogen) atoms. The molecule has 0 aromatic heterocycles. The molecule has 3 rings (SSSR count). The monoisotopic (exact) mass is 360 g/mol. The summed E-state index contributed by atoms with van der Waals surface area (Å²) in [6, 6.07) is 14.8. The molecular formula is C19H24N2O3S. The van der Waals surface area contributed by atoms with Crippen molar-refractivity contribution in [2.75, 3.05) is 31.1 Å². The molecule has 2 aromatic rings. The van der Waals surface area contributed by atoms with E-state index in [4.69, 9.17) is 4.74 Å². The zero-order chi connectivity index (χ0) is 17.9. The van der Waals surface area contributed by atoms with Crippen LogP contribution in [0.2, 0.25) is 0 Å². The minimum atomic E-state index is -3.58. The van der Waals surface area contributed by atoms with Crippen molar-refractivity contribution in [3.8, 4) is 0 Å². The van der Waals surface area contributed by atoms with Gasteiger partial charge in [-0.2, -0.15) is 0 Å². The van der Waals surface area contributed by atoms with E-state index in [1.165, 1.54) is 4.31 Å². The van der Waals surface area contributed by atoms with Crippen LogP contribution in [0.15, 0.2) is 53.4 Å². The van der Waals surface area contributed by atoms with Gasteiger partial charge in [-0.25, -0.2) is 8.42 Å². The highest BCUT2D eigenvalue weighted by molar-refractivity contribution is 7.93. The minimum Gasteiger partial charge on any atom is -0.385 e. The summed E-state index contributed by atoms with van der Waals surface area (Å²) in [6.07, 6.45) is 0.863. The van der Waals surface area contributed by atoms with Crippen molar-refractivity contribution in [3.63, 3.8) is 0 Å². The van der Waals surface area contributed by atoms with Crippen LogP contribution in [0.3, 0.4) is 0 Å². The lowest BCUT2D eigenvalue weighted by molar-refractivity contribution is 0.193. The number of nitrogens with one attached hydrogen (secondary N) is 1. The molecule has 0 aliphatic carbocycles. The molecule has 5 nitrogen and oxygen atoms in total. The average molecular weight is 360 g/mol. The summed E-state index contributed by atoms with van der Waals surface area (Å²) in [6.45, 7) is 3.67. The molecule has 0 fully saturated rings. The second kappa shape index (κ2) is 7.56. The van der Waals surface area contributed by atoms with E-state index in [-0.39, 0.29) is 6.04 Å². The quantitative estimate of drug-likeness (QED) is 0.805. The van der Waals surface area contributed by atoms with Crippen molar-refractivity contribution in [2.24, 2.45) is 0 Å². The van der Waals surface area contributed by atoms with Crippen LogP contribution in [0.25, 0.3) is 0 Å². The van der Waals surface area contributed by atoms with Gasteiger partial charge < -0.3 is 10.1 Å². The van der Waals surface area contributed by atoms with E-state index < -0.39 is 10.0 Å². The zero-order valence-corrected chi connectivity index (χ0v) is 15.4. The number of fused-ring (bicyclic) bond motifs is 2. The van der Waals surface area contributed by atoms with E-state index in [0.717, 1.165) is 29.8 Å². The van der Waals surface area contributed by atoms with Gasteiger partial charge in [-0.15, -0.1) is 0 Å². The fourth-order valence-electron chi connectivity index (χ4n) is 3.35. The molecule has 1 heterocycles. The molecule has 1 aliphatic rings. The fourth-order valence-corrected chi connectivity index (χ4v) is 5.09. The normalized spacial score (nSPS) is 18.3. The second-order valence-electron chi connectivity index (χ2n) is 6.00. The Morgan fingerprint density at radius 2 is 1.76 bits per heavy atom. The molecule has 0 saturated heterocycles. The molecule has 1 unspecified atom stereocenters. The Balaban J connectivity index is 2.15. The number of hydrogen-bond acceptors (Lipinski definition) is 4. The van der Waals surface area contributed by atoms with E-state index in [2.05, 4.69) is 5.32 Å². The number of anilines is 1. The number of ether oxygens (including phenoxy) is 1. The van der Waals surface area contributed by atoms with Crippen molar-refractivity contribution in [1.82, 2.24) is 5.32 Å². The van der Waals surface area contributed by atoms with Crippen molar-refractivity contribution in [1.29, 1.82) is 0 Å². The maximum Gasteiger partial charge on any atom is 0.264 e. The van der Waals surface area contributed by atoms with Crippen LogP contribution in [0.1, 0.15) is 30.5 Å². The summed E-state index contributed by atoms with van der Waals surface area (Å²) < 4.78 is 33.1. The number of para-hydroxylation sites is 1. The maximum atomic E-state index is 13.2. The summed E-state index contributed by atoms with van der Waals surface area (Å²) in [7, 11) is -1.90.